The summed E-state index contributed by atoms with van der Waals surface area (Å²) in [5.74, 6) is 1.64. The predicted octanol–water partition coefficient (Wildman–Crippen LogP) is 6.53. The van der Waals surface area contributed by atoms with Gasteiger partial charge in [-0.3, -0.25) is 0 Å². The zero-order valence-electron chi connectivity index (χ0n) is 14.8. The van der Waals surface area contributed by atoms with E-state index in [1.165, 1.54) is 0 Å². The number of para-hydroxylation sites is 2. The second-order valence-electron chi connectivity index (χ2n) is 6.39. The van der Waals surface area contributed by atoms with Crippen LogP contribution in [0.15, 0.2) is 72.8 Å². The lowest BCUT2D eigenvalue weighted by atomic mass is 10.2. The highest BCUT2D eigenvalue weighted by Crippen LogP contribution is 2.27. The van der Waals surface area contributed by atoms with Gasteiger partial charge in [-0.2, -0.15) is 0 Å². The van der Waals surface area contributed by atoms with Gasteiger partial charge >= 0.3 is 0 Å². The molecular weight excluding hydrogens is 379 g/mol. The van der Waals surface area contributed by atoms with E-state index < -0.39 is 0 Å². The number of fused-ring (bicyclic) bond motifs is 1. The van der Waals surface area contributed by atoms with Gasteiger partial charge in [0.05, 0.1) is 11.0 Å². The van der Waals surface area contributed by atoms with E-state index in [2.05, 4.69) is 10.6 Å². The molecule has 0 aliphatic heterocycles. The van der Waals surface area contributed by atoms with E-state index in [1.54, 1.807) is 0 Å². The molecule has 0 spiro atoms. The number of aromatic nitrogens is 2. The summed E-state index contributed by atoms with van der Waals surface area (Å²) in [6.45, 7) is 2.70. The second kappa shape index (κ2) is 7.63. The SMILES string of the molecule is CC(Oc1ccc(Cl)cc1)c1nc2ccccc2n1Cc1ccc(Cl)cc1. The van der Waals surface area contributed by atoms with E-state index in [4.69, 9.17) is 32.9 Å². The molecule has 0 saturated heterocycles. The quantitative estimate of drug-likeness (QED) is 0.383. The molecule has 4 aromatic rings. The Hall–Kier alpha value is -2.49. The van der Waals surface area contributed by atoms with Crippen molar-refractivity contribution >= 4 is 34.2 Å². The molecule has 0 saturated carbocycles. The maximum atomic E-state index is 6.12. The van der Waals surface area contributed by atoms with Crippen LogP contribution in [0.1, 0.15) is 24.4 Å². The topological polar surface area (TPSA) is 27.1 Å². The summed E-state index contributed by atoms with van der Waals surface area (Å²) in [7, 11) is 0. The number of rotatable bonds is 5. The number of hydrogen-bond donors (Lipinski definition) is 0. The minimum absolute atomic E-state index is 0.217. The van der Waals surface area contributed by atoms with Gasteiger partial charge in [0.1, 0.15) is 5.75 Å². The van der Waals surface area contributed by atoms with Gasteiger partial charge in [-0.1, -0.05) is 47.5 Å². The van der Waals surface area contributed by atoms with E-state index in [-0.39, 0.29) is 6.10 Å². The molecular formula is C22H18Cl2N2O. The fourth-order valence-electron chi connectivity index (χ4n) is 3.11. The first-order valence-corrected chi connectivity index (χ1v) is 9.47. The smallest absolute Gasteiger partial charge is 0.153 e. The van der Waals surface area contributed by atoms with Crippen molar-refractivity contribution in [3.05, 3.63) is 94.2 Å². The number of benzene rings is 3. The maximum absolute atomic E-state index is 6.12. The molecule has 0 aliphatic rings. The molecule has 4 rings (SSSR count). The molecule has 0 radical (unpaired) electrons. The van der Waals surface area contributed by atoms with E-state index in [9.17, 15) is 0 Å². The first-order chi connectivity index (χ1) is 13.1. The third-order valence-corrected chi connectivity index (χ3v) is 4.93. The number of imidazole rings is 1. The monoisotopic (exact) mass is 396 g/mol. The molecule has 0 fully saturated rings. The van der Waals surface area contributed by atoms with Crippen LogP contribution in [0.2, 0.25) is 10.0 Å². The van der Waals surface area contributed by atoms with Gasteiger partial charge in [0.15, 0.2) is 11.9 Å². The first-order valence-electron chi connectivity index (χ1n) is 8.72. The lowest BCUT2D eigenvalue weighted by molar-refractivity contribution is 0.212. The van der Waals surface area contributed by atoms with Crippen molar-refractivity contribution in [1.82, 2.24) is 9.55 Å². The highest BCUT2D eigenvalue weighted by atomic mass is 35.5. The van der Waals surface area contributed by atoms with E-state index in [1.807, 2.05) is 73.7 Å². The van der Waals surface area contributed by atoms with Crippen LogP contribution in [-0.4, -0.2) is 9.55 Å². The molecule has 0 N–H and O–H groups in total. The summed E-state index contributed by atoms with van der Waals surface area (Å²) in [6, 6.07) is 23.4. The van der Waals surface area contributed by atoms with Crippen molar-refractivity contribution in [2.45, 2.75) is 19.6 Å². The number of nitrogens with zero attached hydrogens (tertiary/aromatic N) is 2. The zero-order valence-corrected chi connectivity index (χ0v) is 16.3. The van der Waals surface area contributed by atoms with Crippen LogP contribution in [0.4, 0.5) is 0 Å². The Morgan fingerprint density at radius 1 is 0.889 bits per heavy atom. The van der Waals surface area contributed by atoms with E-state index in [0.29, 0.717) is 11.6 Å². The molecule has 3 nitrogen and oxygen atoms in total. The standard InChI is InChI=1S/C22H18Cl2N2O/c1-15(27-19-12-10-18(24)11-13-19)22-25-20-4-2-3-5-21(20)26(22)14-16-6-8-17(23)9-7-16/h2-13,15H,14H2,1H3. The fraction of sp³-hybridized carbons (Fsp3) is 0.136. The highest BCUT2D eigenvalue weighted by molar-refractivity contribution is 6.30. The average molecular weight is 397 g/mol. The summed E-state index contributed by atoms with van der Waals surface area (Å²) in [5.41, 5.74) is 3.18. The summed E-state index contributed by atoms with van der Waals surface area (Å²) >= 11 is 12.0. The first kappa shape index (κ1) is 17.9. The van der Waals surface area contributed by atoms with Crippen molar-refractivity contribution in [3.8, 4) is 5.75 Å². The van der Waals surface area contributed by atoms with Crippen LogP contribution >= 0.6 is 23.2 Å². The van der Waals surface area contributed by atoms with E-state index >= 15 is 0 Å². The van der Waals surface area contributed by atoms with Gasteiger partial charge in [0.2, 0.25) is 0 Å². The average Bonchev–Trinajstić information content (AvgIpc) is 3.04. The van der Waals surface area contributed by atoms with Crippen molar-refractivity contribution < 1.29 is 4.74 Å². The molecule has 27 heavy (non-hydrogen) atoms. The van der Waals surface area contributed by atoms with Crippen molar-refractivity contribution in [3.63, 3.8) is 0 Å². The minimum atomic E-state index is -0.217. The van der Waals surface area contributed by atoms with Crippen LogP contribution < -0.4 is 4.74 Å². The Morgan fingerprint density at radius 2 is 1.52 bits per heavy atom. The van der Waals surface area contributed by atoms with Gasteiger partial charge < -0.3 is 9.30 Å². The normalized spacial score (nSPS) is 12.3. The van der Waals surface area contributed by atoms with Gasteiger partial charge in [-0.25, -0.2) is 4.98 Å². The third-order valence-electron chi connectivity index (χ3n) is 4.43. The summed E-state index contributed by atoms with van der Waals surface area (Å²) in [4.78, 5) is 4.83. The third kappa shape index (κ3) is 3.95. The van der Waals surface area contributed by atoms with Crippen LogP contribution in [0.25, 0.3) is 11.0 Å². The van der Waals surface area contributed by atoms with Gasteiger partial charge in [0.25, 0.3) is 0 Å². The molecule has 1 heterocycles. The van der Waals surface area contributed by atoms with Crippen LogP contribution in [0.3, 0.4) is 0 Å². The summed E-state index contributed by atoms with van der Waals surface area (Å²) < 4.78 is 8.31. The van der Waals surface area contributed by atoms with Crippen LogP contribution in [0.5, 0.6) is 5.75 Å². The Morgan fingerprint density at radius 3 is 2.22 bits per heavy atom. The minimum Gasteiger partial charge on any atom is -0.483 e. The molecule has 1 aromatic heterocycles. The predicted molar refractivity (Wildman–Crippen MR) is 111 cm³/mol. The number of hydrogen-bond acceptors (Lipinski definition) is 2. The lowest BCUT2D eigenvalue weighted by Gasteiger charge is -2.17. The molecule has 5 heteroatoms. The molecule has 3 aromatic carbocycles. The summed E-state index contributed by atoms with van der Waals surface area (Å²) in [6.07, 6.45) is -0.217. The van der Waals surface area contributed by atoms with E-state index in [0.717, 1.165) is 33.2 Å². The van der Waals surface area contributed by atoms with Gasteiger partial charge in [0, 0.05) is 16.6 Å². The van der Waals surface area contributed by atoms with Crippen LogP contribution in [0, 0.1) is 0 Å². The molecule has 0 aliphatic carbocycles. The zero-order chi connectivity index (χ0) is 18.8. The molecule has 1 atom stereocenters. The van der Waals surface area contributed by atoms with Crippen molar-refractivity contribution in [2.75, 3.05) is 0 Å². The van der Waals surface area contributed by atoms with Crippen molar-refractivity contribution in [2.24, 2.45) is 0 Å². The molecule has 0 amide bonds. The Balaban J connectivity index is 1.70. The highest BCUT2D eigenvalue weighted by Gasteiger charge is 2.18. The largest absolute Gasteiger partial charge is 0.483 e. The Kier molecular flexibility index (Phi) is 5.06. The maximum Gasteiger partial charge on any atom is 0.153 e. The summed E-state index contributed by atoms with van der Waals surface area (Å²) in [5, 5.41) is 1.42. The lowest BCUT2D eigenvalue weighted by Crippen LogP contribution is -2.12. The number of halogens is 2. The van der Waals surface area contributed by atoms with Gasteiger partial charge in [-0.15, -0.1) is 0 Å². The molecule has 0 bridgehead atoms. The molecule has 136 valence electrons. The van der Waals surface area contributed by atoms with Crippen LogP contribution in [-0.2, 0) is 6.54 Å². The number of ether oxygens (including phenoxy) is 1. The Bertz CT molecular complexity index is 1060. The Labute approximate surface area is 168 Å². The van der Waals surface area contributed by atoms with Gasteiger partial charge in [-0.05, 0) is 61.0 Å². The fourth-order valence-corrected chi connectivity index (χ4v) is 3.37. The molecule has 1 unspecified atom stereocenters. The second-order valence-corrected chi connectivity index (χ2v) is 7.26. The van der Waals surface area contributed by atoms with Crippen molar-refractivity contribution in [1.29, 1.82) is 0 Å².